The van der Waals surface area contributed by atoms with Gasteiger partial charge in [-0.25, -0.2) is 9.78 Å². The van der Waals surface area contributed by atoms with Gasteiger partial charge in [-0.1, -0.05) is 41.5 Å². The lowest BCUT2D eigenvalue weighted by atomic mass is 10.1. The van der Waals surface area contributed by atoms with E-state index in [-0.39, 0.29) is 29.9 Å². The number of hydrogen-bond acceptors (Lipinski definition) is 8. The molecule has 1 aliphatic rings. The number of ether oxygens (including phenoxy) is 1. The van der Waals surface area contributed by atoms with Crippen LogP contribution in [0.5, 0.6) is 0 Å². The van der Waals surface area contributed by atoms with Crippen LogP contribution in [0.1, 0.15) is 87.0 Å². The molecule has 0 amide bonds. The Bertz CT molecular complexity index is 538. The second kappa shape index (κ2) is 19.2. The monoisotopic (exact) mass is 570 g/mol. The Balaban J connectivity index is 0. The van der Waals surface area contributed by atoms with Gasteiger partial charge in [-0.2, -0.15) is 0 Å². The Morgan fingerprint density at radius 1 is 0.703 bits per heavy atom. The maximum absolute atomic E-state index is 8.60. The van der Waals surface area contributed by atoms with E-state index < -0.39 is 22.4 Å². The van der Waals surface area contributed by atoms with Crippen molar-refractivity contribution in [3.63, 3.8) is 0 Å². The van der Waals surface area contributed by atoms with Crippen LogP contribution in [0.15, 0.2) is 0 Å². The smallest absolute Gasteiger partial charge is 0.198 e. The highest BCUT2D eigenvalue weighted by molar-refractivity contribution is 6.74. The average Bonchev–Trinajstić information content (AvgIpc) is 2.76. The molecule has 1 saturated heterocycles. The lowest BCUT2D eigenvalue weighted by Crippen LogP contribution is -2.41. The molecule has 0 bridgehead atoms. The molecular formula is C27H62O8Si2. The van der Waals surface area contributed by atoms with Gasteiger partial charge in [0.1, 0.15) is 0 Å². The quantitative estimate of drug-likeness (QED) is 0.107. The van der Waals surface area contributed by atoms with Crippen LogP contribution in [-0.2, 0) is 23.4 Å². The zero-order valence-electron chi connectivity index (χ0n) is 26.1. The third kappa shape index (κ3) is 18.9. The molecule has 37 heavy (non-hydrogen) atoms. The minimum absolute atomic E-state index is 0.0938. The van der Waals surface area contributed by atoms with Crippen molar-refractivity contribution in [1.29, 1.82) is 0 Å². The molecule has 226 valence electrons. The maximum atomic E-state index is 8.60. The van der Waals surface area contributed by atoms with Crippen LogP contribution < -0.4 is 0 Å². The van der Waals surface area contributed by atoms with Gasteiger partial charge in [-0.15, -0.1) is 0 Å². The molecule has 0 aliphatic carbocycles. The fourth-order valence-electron chi connectivity index (χ4n) is 2.48. The lowest BCUT2D eigenvalue weighted by molar-refractivity contribution is -0.430. The van der Waals surface area contributed by atoms with Crippen molar-refractivity contribution in [2.45, 2.75) is 129 Å². The van der Waals surface area contributed by atoms with E-state index in [0.29, 0.717) is 19.6 Å². The maximum Gasteiger partial charge on any atom is 0.198 e. The van der Waals surface area contributed by atoms with Crippen molar-refractivity contribution >= 4 is 16.6 Å². The third-order valence-electron chi connectivity index (χ3n) is 7.20. The molecule has 0 radical (unpaired) electrons. The Labute approximate surface area is 230 Å². The topological polar surface area (TPSA) is 107 Å². The minimum Gasteiger partial charge on any atom is -0.417 e. The van der Waals surface area contributed by atoms with Crippen LogP contribution in [0.3, 0.4) is 0 Å². The molecule has 3 N–H and O–H groups in total. The summed E-state index contributed by atoms with van der Waals surface area (Å²) in [5, 5.41) is 25.0. The van der Waals surface area contributed by atoms with Crippen molar-refractivity contribution < 1.29 is 38.7 Å². The molecule has 10 heteroatoms. The Kier molecular flexibility index (Phi) is 20.4. The largest absolute Gasteiger partial charge is 0.417 e. The van der Waals surface area contributed by atoms with Gasteiger partial charge in [0.05, 0.1) is 13.2 Å². The average molecular weight is 571 g/mol. The number of aliphatic hydroxyl groups excluding tert-OH is 3. The van der Waals surface area contributed by atoms with Gasteiger partial charge in [0, 0.05) is 39.5 Å². The van der Waals surface area contributed by atoms with Crippen LogP contribution in [0.25, 0.3) is 0 Å². The summed E-state index contributed by atoms with van der Waals surface area (Å²) in [5.74, 6) is -0.557. The van der Waals surface area contributed by atoms with Crippen LogP contribution >= 0.6 is 0 Å². The predicted octanol–water partition coefficient (Wildman–Crippen LogP) is 6.01. The Hall–Kier alpha value is 0.114. The summed E-state index contributed by atoms with van der Waals surface area (Å²) in [6.07, 6.45) is 5.25. The van der Waals surface area contributed by atoms with Crippen molar-refractivity contribution in [3.05, 3.63) is 0 Å². The molecule has 8 nitrogen and oxygen atoms in total. The SMILES string of the molecule is CC(C)(C)[Si](C)(C)OCCCO.CC1(OOCCCO[Si](C)(C)C(C)(C)C)CCCCO1.OCCCO. The van der Waals surface area contributed by atoms with Crippen LogP contribution in [0.2, 0.25) is 36.3 Å². The molecule has 1 unspecified atom stereocenters. The second-order valence-corrected chi connectivity index (χ2v) is 22.4. The zero-order chi connectivity index (χ0) is 29.2. The van der Waals surface area contributed by atoms with E-state index >= 15 is 0 Å². The summed E-state index contributed by atoms with van der Waals surface area (Å²) in [5.41, 5.74) is 0. The standard InChI is InChI=1S/C15H32O4Si.C9H22O2Si.C3H8O2/c1-14(2,3)20(5,6)18-13-9-12-17-19-15(4)10-7-8-11-16-15;1-9(2,3)12(4,5)11-8-6-7-10;4-2-1-3-5/h7-13H2,1-6H3;10H,6-8H2,1-5H3;4-5H,1-3H2. The summed E-state index contributed by atoms with van der Waals surface area (Å²) in [7, 11) is -3.19. The molecule has 0 aromatic heterocycles. The van der Waals surface area contributed by atoms with Gasteiger partial charge in [0.25, 0.3) is 0 Å². The summed E-state index contributed by atoms with van der Waals surface area (Å²) in [6.45, 7) is 27.5. The fourth-order valence-corrected chi connectivity index (χ4v) is 4.66. The summed E-state index contributed by atoms with van der Waals surface area (Å²) in [4.78, 5) is 10.7. The summed E-state index contributed by atoms with van der Waals surface area (Å²) >= 11 is 0. The Morgan fingerprint density at radius 3 is 1.51 bits per heavy atom. The summed E-state index contributed by atoms with van der Waals surface area (Å²) in [6, 6.07) is 0. The first kappa shape index (κ1) is 39.3. The second-order valence-electron chi connectivity index (χ2n) is 12.8. The van der Waals surface area contributed by atoms with Gasteiger partial charge in [0.2, 0.25) is 0 Å². The molecule has 0 aromatic carbocycles. The highest BCUT2D eigenvalue weighted by atomic mass is 28.4. The first-order valence-corrected chi connectivity index (χ1v) is 19.8. The molecule has 1 rings (SSSR count). The number of aliphatic hydroxyl groups is 3. The molecule has 0 aromatic rings. The third-order valence-corrected chi connectivity index (χ3v) is 16.3. The van der Waals surface area contributed by atoms with Crippen molar-refractivity contribution in [1.82, 2.24) is 0 Å². The highest BCUT2D eigenvalue weighted by Gasteiger charge is 2.37. The van der Waals surface area contributed by atoms with Crippen molar-refractivity contribution in [2.75, 3.05) is 46.2 Å². The number of rotatable bonds is 13. The van der Waals surface area contributed by atoms with Crippen LogP contribution in [-0.4, -0.2) is 84.0 Å². The van der Waals surface area contributed by atoms with Crippen molar-refractivity contribution in [2.24, 2.45) is 0 Å². The van der Waals surface area contributed by atoms with Gasteiger partial charge in [-0.05, 0) is 75.3 Å². The van der Waals surface area contributed by atoms with E-state index in [4.69, 9.17) is 38.7 Å². The van der Waals surface area contributed by atoms with Crippen LogP contribution in [0.4, 0.5) is 0 Å². The van der Waals surface area contributed by atoms with Gasteiger partial charge < -0.3 is 28.9 Å². The zero-order valence-corrected chi connectivity index (χ0v) is 28.1. The lowest BCUT2D eigenvalue weighted by Gasteiger charge is -2.36. The Morgan fingerprint density at radius 2 is 1.16 bits per heavy atom. The number of hydrogen-bond donors (Lipinski definition) is 3. The molecule has 1 aliphatic heterocycles. The molecule has 1 heterocycles. The minimum atomic E-state index is -1.63. The van der Waals surface area contributed by atoms with E-state index in [1.807, 2.05) is 6.92 Å². The molecule has 0 spiro atoms. The molecule has 0 saturated carbocycles. The molecule has 1 atom stereocenters. The summed E-state index contributed by atoms with van der Waals surface area (Å²) < 4.78 is 17.5. The van der Waals surface area contributed by atoms with E-state index in [9.17, 15) is 0 Å². The van der Waals surface area contributed by atoms with Gasteiger partial charge >= 0.3 is 0 Å². The van der Waals surface area contributed by atoms with E-state index in [1.54, 1.807) is 0 Å². The van der Waals surface area contributed by atoms with E-state index in [1.165, 1.54) is 0 Å². The van der Waals surface area contributed by atoms with Crippen molar-refractivity contribution in [3.8, 4) is 0 Å². The normalized spacial score (nSPS) is 19.0. The van der Waals surface area contributed by atoms with E-state index in [2.05, 4.69) is 67.7 Å². The molecular weight excluding hydrogens is 508 g/mol. The predicted molar refractivity (Wildman–Crippen MR) is 157 cm³/mol. The first-order chi connectivity index (χ1) is 16.9. The highest BCUT2D eigenvalue weighted by Crippen LogP contribution is 2.37. The molecule has 1 fully saturated rings. The van der Waals surface area contributed by atoms with Crippen LogP contribution in [0, 0.1) is 0 Å². The van der Waals surface area contributed by atoms with E-state index in [0.717, 1.165) is 45.3 Å². The first-order valence-electron chi connectivity index (χ1n) is 13.9. The van der Waals surface area contributed by atoms with Gasteiger partial charge in [-0.3, -0.25) is 0 Å². The van der Waals surface area contributed by atoms with Gasteiger partial charge in [0.15, 0.2) is 22.4 Å². The fraction of sp³-hybridized carbons (Fsp3) is 1.00.